The standard InChI is InChI=1S/C8H9.CH3.Y/c1-7-5-3-4-6-8(7)2;;/h3,5-6H,1-2H3;1H3;/q2*-1;. The first-order valence-corrected chi connectivity index (χ1v) is 2.74. The molecule has 0 fully saturated rings. The molecule has 0 spiro atoms. The minimum atomic E-state index is 0. The zero-order valence-electron chi connectivity index (χ0n) is 6.81. The van der Waals surface area contributed by atoms with Gasteiger partial charge < -0.3 is 7.43 Å². The normalized spacial score (nSPS) is 7.40. The van der Waals surface area contributed by atoms with E-state index < -0.39 is 0 Å². The second-order valence-corrected chi connectivity index (χ2v) is 2.01. The van der Waals surface area contributed by atoms with Crippen LogP contribution in [0.5, 0.6) is 0 Å². The van der Waals surface area contributed by atoms with Gasteiger partial charge in [0.05, 0.1) is 0 Å². The van der Waals surface area contributed by atoms with Crippen molar-refractivity contribution in [2.24, 2.45) is 0 Å². The molecule has 0 N–H and O–H groups in total. The van der Waals surface area contributed by atoms with Crippen LogP contribution in [0.4, 0.5) is 0 Å². The number of aryl methyl sites for hydroxylation is 2. The molecule has 0 aliphatic carbocycles. The molecule has 0 bridgehead atoms. The molecule has 1 aromatic rings. The first-order chi connectivity index (χ1) is 3.80. The van der Waals surface area contributed by atoms with Gasteiger partial charge in [-0.1, -0.05) is 13.8 Å². The van der Waals surface area contributed by atoms with E-state index in [-0.39, 0.29) is 40.1 Å². The molecule has 0 unspecified atom stereocenters. The first kappa shape index (κ1) is 13.0. The Morgan fingerprint density at radius 2 is 1.80 bits per heavy atom. The van der Waals surface area contributed by atoms with Crippen molar-refractivity contribution in [3.8, 4) is 0 Å². The first-order valence-electron chi connectivity index (χ1n) is 2.74. The number of rotatable bonds is 0. The summed E-state index contributed by atoms with van der Waals surface area (Å²) >= 11 is 0. The van der Waals surface area contributed by atoms with Crippen molar-refractivity contribution >= 4 is 0 Å². The maximum Gasteiger partial charge on any atom is 0 e. The third-order valence-corrected chi connectivity index (χ3v) is 1.35. The Labute approximate surface area is 88.9 Å². The van der Waals surface area contributed by atoms with E-state index in [1.54, 1.807) is 0 Å². The van der Waals surface area contributed by atoms with Gasteiger partial charge in [0.15, 0.2) is 0 Å². The molecule has 10 heavy (non-hydrogen) atoms. The van der Waals surface area contributed by atoms with Gasteiger partial charge in [-0.2, -0.15) is 35.4 Å². The van der Waals surface area contributed by atoms with E-state index in [9.17, 15) is 0 Å². The van der Waals surface area contributed by atoms with E-state index in [1.165, 1.54) is 11.1 Å². The second kappa shape index (κ2) is 6.06. The van der Waals surface area contributed by atoms with Crippen LogP contribution in [0.2, 0.25) is 0 Å². The quantitative estimate of drug-likeness (QED) is 0.576. The molecule has 0 nitrogen and oxygen atoms in total. The van der Waals surface area contributed by atoms with Gasteiger partial charge in [-0.25, -0.2) is 0 Å². The summed E-state index contributed by atoms with van der Waals surface area (Å²) in [4.78, 5) is 0. The molecule has 0 aliphatic heterocycles. The molecule has 1 aromatic carbocycles. The zero-order chi connectivity index (χ0) is 5.98. The molecule has 1 heteroatoms. The van der Waals surface area contributed by atoms with Crippen LogP contribution in [0.15, 0.2) is 18.2 Å². The fourth-order valence-corrected chi connectivity index (χ4v) is 0.592. The third kappa shape index (κ3) is 3.48. The summed E-state index contributed by atoms with van der Waals surface area (Å²) in [7, 11) is 0. The van der Waals surface area contributed by atoms with E-state index >= 15 is 0 Å². The number of hydrogen-bond donors (Lipinski definition) is 0. The summed E-state index contributed by atoms with van der Waals surface area (Å²) < 4.78 is 0. The van der Waals surface area contributed by atoms with Gasteiger partial charge in [-0.15, -0.1) is 0 Å². The van der Waals surface area contributed by atoms with Crippen LogP contribution in [-0.4, -0.2) is 0 Å². The van der Waals surface area contributed by atoms with Crippen molar-refractivity contribution in [2.75, 3.05) is 0 Å². The van der Waals surface area contributed by atoms with Crippen LogP contribution in [0.3, 0.4) is 0 Å². The Balaban J connectivity index is 0. The molecule has 53 valence electrons. The molecule has 1 rings (SSSR count). The second-order valence-electron chi connectivity index (χ2n) is 2.01. The van der Waals surface area contributed by atoms with Gasteiger partial charge in [0, 0.05) is 32.7 Å². The fourth-order valence-electron chi connectivity index (χ4n) is 0.592. The van der Waals surface area contributed by atoms with E-state index in [0.717, 1.165) is 0 Å². The minimum absolute atomic E-state index is 0. The summed E-state index contributed by atoms with van der Waals surface area (Å²) in [6.45, 7) is 4.19. The Hall–Kier alpha value is 0.324. The summed E-state index contributed by atoms with van der Waals surface area (Å²) in [5.74, 6) is 0. The van der Waals surface area contributed by atoms with E-state index in [1.807, 2.05) is 12.1 Å². The molecule has 0 heterocycles. The smallest absolute Gasteiger partial charge is 0 e. The number of hydrogen-bond acceptors (Lipinski definition) is 0. The van der Waals surface area contributed by atoms with Crippen LogP contribution in [0, 0.1) is 27.3 Å². The van der Waals surface area contributed by atoms with Gasteiger partial charge in [-0.3, -0.25) is 0 Å². The molecular weight excluding hydrogens is 197 g/mol. The van der Waals surface area contributed by atoms with E-state index in [4.69, 9.17) is 0 Å². The largest absolute Gasteiger partial charge is 0.358 e. The molecule has 0 atom stereocenters. The maximum absolute atomic E-state index is 3.00. The minimum Gasteiger partial charge on any atom is -0.358 e. The zero-order valence-corrected chi connectivity index (χ0v) is 9.65. The van der Waals surface area contributed by atoms with Gasteiger partial charge >= 0.3 is 0 Å². The molecule has 0 aliphatic rings. The van der Waals surface area contributed by atoms with Crippen molar-refractivity contribution < 1.29 is 32.7 Å². The Morgan fingerprint density at radius 3 is 2.10 bits per heavy atom. The molecule has 0 aromatic heterocycles. The van der Waals surface area contributed by atoms with Crippen LogP contribution in [0.1, 0.15) is 11.1 Å². The van der Waals surface area contributed by atoms with Gasteiger partial charge in [0.1, 0.15) is 0 Å². The van der Waals surface area contributed by atoms with Gasteiger partial charge in [-0.05, 0) is 0 Å². The molecule has 0 saturated heterocycles. The monoisotopic (exact) mass is 209 g/mol. The van der Waals surface area contributed by atoms with Crippen LogP contribution < -0.4 is 0 Å². The van der Waals surface area contributed by atoms with E-state index in [0.29, 0.717) is 0 Å². The Bertz CT molecular complexity index is 161. The molecule has 0 amide bonds. The van der Waals surface area contributed by atoms with Crippen LogP contribution in [-0.2, 0) is 32.7 Å². The van der Waals surface area contributed by atoms with Crippen molar-refractivity contribution in [1.29, 1.82) is 0 Å². The fraction of sp³-hybridized carbons (Fsp3) is 0.222. The summed E-state index contributed by atoms with van der Waals surface area (Å²) in [5.41, 5.74) is 2.65. The predicted molar refractivity (Wildman–Crippen MR) is 41.2 cm³/mol. The Kier molecular flexibility index (Phi) is 7.85. The van der Waals surface area contributed by atoms with Crippen molar-refractivity contribution in [3.05, 3.63) is 42.8 Å². The van der Waals surface area contributed by atoms with Crippen molar-refractivity contribution in [3.63, 3.8) is 0 Å². The van der Waals surface area contributed by atoms with Crippen molar-refractivity contribution in [1.82, 2.24) is 0 Å². The summed E-state index contributed by atoms with van der Waals surface area (Å²) in [5, 5.41) is 0. The van der Waals surface area contributed by atoms with E-state index in [2.05, 4.69) is 26.0 Å². The van der Waals surface area contributed by atoms with Crippen molar-refractivity contribution in [2.45, 2.75) is 13.8 Å². The van der Waals surface area contributed by atoms with Gasteiger partial charge in [0.2, 0.25) is 0 Å². The molecule has 1 radical (unpaired) electrons. The average molecular weight is 209 g/mol. The summed E-state index contributed by atoms with van der Waals surface area (Å²) in [6.07, 6.45) is 0. The Morgan fingerprint density at radius 1 is 1.20 bits per heavy atom. The molecule has 0 saturated carbocycles. The van der Waals surface area contributed by atoms with Crippen LogP contribution >= 0.6 is 0 Å². The third-order valence-electron chi connectivity index (χ3n) is 1.35. The molecular formula is C9H12Y-2. The van der Waals surface area contributed by atoms with Gasteiger partial charge in [0.25, 0.3) is 0 Å². The maximum atomic E-state index is 3.00. The summed E-state index contributed by atoms with van der Waals surface area (Å²) in [6, 6.07) is 8.99. The van der Waals surface area contributed by atoms with Crippen LogP contribution in [0.25, 0.3) is 0 Å². The number of benzene rings is 1. The predicted octanol–water partition coefficient (Wildman–Crippen LogP) is 2.55. The topological polar surface area (TPSA) is 0 Å². The SMILES string of the molecule is Cc1c[c-]ccc1C.[CH3-].[Y]. The average Bonchev–Trinajstić information content (AvgIpc) is 1.77.